The first kappa shape index (κ1) is 20.5. The highest BCUT2D eigenvalue weighted by Gasteiger charge is 2.26. The van der Waals surface area contributed by atoms with Crippen LogP contribution in [0.4, 0.5) is 0 Å². The number of ether oxygens (including phenoxy) is 1. The molecule has 2 amide bonds. The van der Waals surface area contributed by atoms with Gasteiger partial charge in [-0.25, -0.2) is 0 Å². The minimum Gasteiger partial charge on any atom is -0.484 e. The topological polar surface area (TPSA) is 58.6 Å². The van der Waals surface area contributed by atoms with Gasteiger partial charge in [0.25, 0.3) is 5.91 Å². The highest BCUT2D eigenvalue weighted by molar-refractivity contribution is 5.87. The quantitative estimate of drug-likeness (QED) is 0.778. The Bertz CT molecular complexity index is 774. The second-order valence-electron chi connectivity index (χ2n) is 6.61. The minimum absolute atomic E-state index is 0.112. The number of rotatable bonds is 8. The van der Waals surface area contributed by atoms with Crippen molar-refractivity contribution in [3.05, 3.63) is 65.2 Å². The van der Waals surface area contributed by atoms with E-state index in [0.717, 1.165) is 11.1 Å². The average molecular weight is 368 g/mol. The molecule has 2 aromatic rings. The van der Waals surface area contributed by atoms with Crippen molar-refractivity contribution < 1.29 is 14.3 Å². The molecule has 1 N–H and O–H groups in total. The van der Waals surface area contributed by atoms with Gasteiger partial charge in [0, 0.05) is 13.1 Å². The Morgan fingerprint density at radius 2 is 1.78 bits per heavy atom. The monoisotopic (exact) mass is 368 g/mol. The number of nitrogens with zero attached hydrogens (tertiary/aromatic N) is 1. The van der Waals surface area contributed by atoms with E-state index >= 15 is 0 Å². The van der Waals surface area contributed by atoms with Crippen molar-refractivity contribution in [3.8, 4) is 5.75 Å². The van der Waals surface area contributed by atoms with E-state index in [1.54, 1.807) is 11.8 Å². The predicted octanol–water partition coefficient (Wildman–Crippen LogP) is 3.24. The van der Waals surface area contributed by atoms with Crippen LogP contribution in [0.15, 0.2) is 48.5 Å². The van der Waals surface area contributed by atoms with Crippen LogP contribution in [-0.4, -0.2) is 35.9 Å². The summed E-state index contributed by atoms with van der Waals surface area (Å²) < 4.78 is 5.69. The Labute approximate surface area is 161 Å². The summed E-state index contributed by atoms with van der Waals surface area (Å²) in [7, 11) is 0. The lowest BCUT2D eigenvalue weighted by atomic mass is 10.1. The zero-order chi connectivity index (χ0) is 19.8. The summed E-state index contributed by atoms with van der Waals surface area (Å²) in [6, 6.07) is 14.8. The van der Waals surface area contributed by atoms with E-state index < -0.39 is 6.04 Å². The second-order valence-corrected chi connectivity index (χ2v) is 6.61. The van der Waals surface area contributed by atoms with Crippen LogP contribution in [0.25, 0.3) is 0 Å². The van der Waals surface area contributed by atoms with Crippen LogP contribution in [-0.2, 0) is 16.1 Å². The molecule has 27 heavy (non-hydrogen) atoms. The zero-order valence-corrected chi connectivity index (χ0v) is 16.5. The first-order valence-electron chi connectivity index (χ1n) is 9.23. The molecular formula is C22H28N2O3. The average Bonchev–Trinajstić information content (AvgIpc) is 2.67. The lowest BCUT2D eigenvalue weighted by Gasteiger charge is -2.28. The molecule has 0 aromatic heterocycles. The van der Waals surface area contributed by atoms with Crippen LogP contribution in [0.3, 0.4) is 0 Å². The molecule has 0 fully saturated rings. The van der Waals surface area contributed by atoms with E-state index in [4.69, 9.17) is 4.74 Å². The standard InChI is InChI=1S/C22H28N2O3/c1-5-23-22(26)18(4)24(14-19-9-7-6-8-10-19)21(25)15-27-20-12-11-16(2)17(3)13-20/h6-13,18H,5,14-15H2,1-4H3,(H,23,26)/t18-/m0/s1. The summed E-state index contributed by atoms with van der Waals surface area (Å²) in [6.07, 6.45) is 0. The molecule has 0 bridgehead atoms. The summed E-state index contributed by atoms with van der Waals surface area (Å²) in [6.45, 7) is 8.39. The molecule has 0 aliphatic rings. The third-order valence-electron chi connectivity index (χ3n) is 4.55. The van der Waals surface area contributed by atoms with Gasteiger partial charge in [0.1, 0.15) is 11.8 Å². The molecule has 0 saturated carbocycles. The molecule has 144 valence electrons. The minimum atomic E-state index is -0.582. The maximum atomic E-state index is 12.8. The van der Waals surface area contributed by atoms with Crippen LogP contribution >= 0.6 is 0 Å². The SMILES string of the molecule is CCNC(=O)[C@H](C)N(Cc1ccccc1)C(=O)COc1ccc(C)c(C)c1. The maximum absolute atomic E-state index is 12.8. The molecule has 2 rings (SSSR count). The molecule has 5 heteroatoms. The van der Waals surface area contributed by atoms with Crippen molar-refractivity contribution in [2.75, 3.05) is 13.2 Å². The van der Waals surface area contributed by atoms with Gasteiger partial charge in [-0.05, 0) is 56.5 Å². The Morgan fingerprint density at radius 3 is 2.41 bits per heavy atom. The fraction of sp³-hybridized carbons (Fsp3) is 0.364. The van der Waals surface area contributed by atoms with Crippen LogP contribution in [0, 0.1) is 13.8 Å². The van der Waals surface area contributed by atoms with Crippen LogP contribution in [0.2, 0.25) is 0 Å². The van der Waals surface area contributed by atoms with E-state index in [-0.39, 0.29) is 18.4 Å². The largest absolute Gasteiger partial charge is 0.484 e. The molecular weight excluding hydrogens is 340 g/mol. The molecule has 5 nitrogen and oxygen atoms in total. The maximum Gasteiger partial charge on any atom is 0.261 e. The van der Waals surface area contributed by atoms with Gasteiger partial charge in [-0.2, -0.15) is 0 Å². The predicted molar refractivity (Wildman–Crippen MR) is 107 cm³/mol. The fourth-order valence-electron chi connectivity index (χ4n) is 2.72. The number of carbonyl (C=O) groups is 2. The van der Waals surface area contributed by atoms with Gasteiger partial charge in [-0.15, -0.1) is 0 Å². The van der Waals surface area contributed by atoms with Gasteiger partial charge in [0.05, 0.1) is 0 Å². The van der Waals surface area contributed by atoms with E-state index in [9.17, 15) is 9.59 Å². The zero-order valence-electron chi connectivity index (χ0n) is 16.5. The van der Waals surface area contributed by atoms with Gasteiger partial charge in [0.2, 0.25) is 5.91 Å². The Hall–Kier alpha value is -2.82. The van der Waals surface area contributed by atoms with E-state index in [0.29, 0.717) is 18.8 Å². The van der Waals surface area contributed by atoms with Crippen molar-refractivity contribution >= 4 is 11.8 Å². The molecule has 1 atom stereocenters. The van der Waals surface area contributed by atoms with Gasteiger partial charge in [-0.1, -0.05) is 36.4 Å². The van der Waals surface area contributed by atoms with Crippen LogP contribution < -0.4 is 10.1 Å². The molecule has 0 saturated heterocycles. The van der Waals surface area contributed by atoms with E-state index in [2.05, 4.69) is 5.32 Å². The van der Waals surface area contributed by atoms with E-state index in [1.165, 1.54) is 5.56 Å². The first-order chi connectivity index (χ1) is 12.9. The Balaban J connectivity index is 2.11. The van der Waals surface area contributed by atoms with Crippen molar-refractivity contribution in [2.45, 2.75) is 40.3 Å². The third kappa shape index (κ3) is 5.84. The lowest BCUT2D eigenvalue weighted by Crippen LogP contribution is -2.49. The number of aryl methyl sites for hydroxylation is 2. The van der Waals surface area contributed by atoms with Crippen molar-refractivity contribution in [3.63, 3.8) is 0 Å². The molecule has 0 radical (unpaired) electrons. The summed E-state index contributed by atoms with van der Waals surface area (Å²) >= 11 is 0. The molecule has 2 aromatic carbocycles. The van der Waals surface area contributed by atoms with Crippen molar-refractivity contribution in [2.24, 2.45) is 0 Å². The first-order valence-corrected chi connectivity index (χ1v) is 9.23. The number of hydrogen-bond acceptors (Lipinski definition) is 3. The highest BCUT2D eigenvalue weighted by atomic mass is 16.5. The van der Waals surface area contributed by atoms with Crippen LogP contribution in [0.1, 0.15) is 30.5 Å². The Morgan fingerprint density at radius 1 is 1.07 bits per heavy atom. The van der Waals surface area contributed by atoms with Gasteiger partial charge >= 0.3 is 0 Å². The summed E-state index contributed by atoms with van der Waals surface area (Å²) in [5, 5.41) is 2.78. The highest BCUT2D eigenvalue weighted by Crippen LogP contribution is 2.17. The number of likely N-dealkylation sites (N-methyl/N-ethyl adjacent to an activating group) is 1. The van der Waals surface area contributed by atoms with E-state index in [1.807, 2.05) is 69.3 Å². The molecule has 0 unspecified atom stereocenters. The number of benzene rings is 2. The summed E-state index contributed by atoms with van der Waals surface area (Å²) in [4.78, 5) is 26.7. The fourth-order valence-corrected chi connectivity index (χ4v) is 2.72. The summed E-state index contributed by atoms with van der Waals surface area (Å²) in [5.41, 5.74) is 3.24. The lowest BCUT2D eigenvalue weighted by molar-refractivity contribution is -0.142. The van der Waals surface area contributed by atoms with Gasteiger partial charge in [-0.3, -0.25) is 9.59 Å². The number of amides is 2. The molecule has 0 spiro atoms. The summed E-state index contributed by atoms with van der Waals surface area (Å²) in [5.74, 6) is 0.251. The number of hydrogen-bond donors (Lipinski definition) is 1. The second kappa shape index (κ2) is 9.76. The normalized spacial score (nSPS) is 11.6. The molecule has 0 aliphatic carbocycles. The van der Waals surface area contributed by atoms with Gasteiger partial charge in [0.15, 0.2) is 6.61 Å². The van der Waals surface area contributed by atoms with Crippen molar-refractivity contribution in [1.82, 2.24) is 10.2 Å². The smallest absolute Gasteiger partial charge is 0.261 e. The van der Waals surface area contributed by atoms with Gasteiger partial charge < -0.3 is 15.0 Å². The van der Waals surface area contributed by atoms with Crippen LogP contribution in [0.5, 0.6) is 5.75 Å². The molecule has 0 aliphatic heterocycles. The molecule has 0 heterocycles. The van der Waals surface area contributed by atoms with Crippen molar-refractivity contribution in [1.29, 1.82) is 0 Å². The third-order valence-corrected chi connectivity index (χ3v) is 4.55. The number of carbonyl (C=O) groups excluding carboxylic acids is 2. The number of nitrogens with one attached hydrogen (secondary N) is 1. The Kier molecular flexibility index (Phi) is 7.41.